The van der Waals surface area contributed by atoms with Gasteiger partial charge in [-0.05, 0) is 24.3 Å². The summed E-state index contributed by atoms with van der Waals surface area (Å²) in [5.41, 5.74) is 5.85. The van der Waals surface area contributed by atoms with Crippen molar-refractivity contribution in [3.05, 3.63) is 133 Å². The summed E-state index contributed by atoms with van der Waals surface area (Å²) >= 11 is 0. The van der Waals surface area contributed by atoms with Crippen molar-refractivity contribution in [1.82, 2.24) is 14.4 Å². The SMILES string of the molecule is O=P(c1ccccc1)(c1ccccc1)c1ccc2oc3nc4c5ccccc5nc(-c5ccccc5)c4n3c2c1. The Morgan fingerprint density at radius 1 is 0.625 bits per heavy atom. The molecule has 8 rings (SSSR count). The molecule has 0 fully saturated rings. The van der Waals surface area contributed by atoms with Gasteiger partial charge in [-0.1, -0.05) is 109 Å². The first-order valence-corrected chi connectivity index (χ1v) is 14.8. The predicted molar refractivity (Wildman–Crippen MR) is 163 cm³/mol. The lowest BCUT2D eigenvalue weighted by molar-refractivity contribution is 0.592. The highest BCUT2D eigenvalue weighted by molar-refractivity contribution is 7.85. The van der Waals surface area contributed by atoms with Gasteiger partial charge in [-0.25, -0.2) is 4.98 Å². The number of hydrogen-bond donors (Lipinski definition) is 0. The summed E-state index contributed by atoms with van der Waals surface area (Å²) in [5.74, 6) is 0.478. The van der Waals surface area contributed by atoms with E-state index in [2.05, 4.69) is 12.1 Å². The highest BCUT2D eigenvalue weighted by Gasteiger charge is 2.31. The molecule has 0 spiro atoms. The van der Waals surface area contributed by atoms with Gasteiger partial charge in [-0.3, -0.25) is 4.40 Å². The number of fused-ring (bicyclic) bond motifs is 7. The molecule has 6 heteroatoms. The third kappa shape index (κ3) is 3.32. The molecule has 0 aliphatic heterocycles. The molecule has 0 saturated heterocycles. The van der Waals surface area contributed by atoms with Crippen LogP contribution in [0.4, 0.5) is 0 Å². The highest BCUT2D eigenvalue weighted by atomic mass is 31.2. The molecule has 0 N–H and O–H groups in total. The lowest BCUT2D eigenvalue weighted by Gasteiger charge is -2.20. The molecular weight excluding hydrogens is 513 g/mol. The smallest absolute Gasteiger partial charge is 0.307 e. The van der Waals surface area contributed by atoms with E-state index in [0.717, 1.165) is 54.6 Å². The van der Waals surface area contributed by atoms with Gasteiger partial charge in [0, 0.05) is 26.9 Å². The van der Waals surface area contributed by atoms with E-state index in [1.54, 1.807) is 0 Å². The maximum absolute atomic E-state index is 15.1. The van der Waals surface area contributed by atoms with Crippen LogP contribution >= 0.6 is 7.14 Å². The maximum Gasteiger partial charge on any atom is 0.307 e. The number of pyridine rings is 1. The van der Waals surface area contributed by atoms with Crippen LogP contribution in [0.3, 0.4) is 0 Å². The number of rotatable bonds is 4. The molecule has 0 radical (unpaired) electrons. The van der Waals surface area contributed by atoms with E-state index in [-0.39, 0.29) is 0 Å². The Morgan fingerprint density at radius 3 is 1.95 bits per heavy atom. The van der Waals surface area contributed by atoms with Crippen molar-refractivity contribution in [3.63, 3.8) is 0 Å². The largest absolute Gasteiger partial charge is 0.423 e. The van der Waals surface area contributed by atoms with Gasteiger partial charge >= 0.3 is 5.84 Å². The molecule has 5 aromatic carbocycles. The monoisotopic (exact) mass is 535 g/mol. The fraction of sp³-hybridized carbons (Fsp3) is 0. The van der Waals surface area contributed by atoms with Crippen LogP contribution in [-0.2, 0) is 4.57 Å². The minimum atomic E-state index is -3.18. The fourth-order valence-electron chi connectivity index (χ4n) is 5.62. The Kier molecular flexibility index (Phi) is 5.03. The van der Waals surface area contributed by atoms with Crippen LogP contribution in [0.1, 0.15) is 0 Å². The van der Waals surface area contributed by atoms with Gasteiger partial charge in [0.15, 0.2) is 12.7 Å². The summed E-state index contributed by atoms with van der Waals surface area (Å²) in [7, 11) is -3.18. The van der Waals surface area contributed by atoms with Crippen molar-refractivity contribution < 1.29 is 8.98 Å². The lowest BCUT2D eigenvalue weighted by Crippen LogP contribution is -2.24. The molecule has 0 unspecified atom stereocenters. The number of para-hydroxylation sites is 1. The lowest BCUT2D eigenvalue weighted by atomic mass is 10.1. The second kappa shape index (κ2) is 8.77. The zero-order valence-corrected chi connectivity index (χ0v) is 22.2. The van der Waals surface area contributed by atoms with Gasteiger partial charge in [0.2, 0.25) is 0 Å². The molecule has 3 heterocycles. The van der Waals surface area contributed by atoms with Crippen molar-refractivity contribution in [2.45, 2.75) is 0 Å². The van der Waals surface area contributed by atoms with E-state index in [9.17, 15) is 0 Å². The van der Waals surface area contributed by atoms with Gasteiger partial charge in [0.1, 0.15) is 11.0 Å². The average molecular weight is 536 g/mol. The summed E-state index contributed by atoms with van der Waals surface area (Å²) in [6.45, 7) is 0. The van der Waals surface area contributed by atoms with E-state index >= 15 is 4.57 Å². The van der Waals surface area contributed by atoms with Crippen LogP contribution in [0, 0.1) is 0 Å². The third-order valence-corrected chi connectivity index (χ3v) is 10.6. The summed E-state index contributed by atoms with van der Waals surface area (Å²) in [5, 5.41) is 3.26. The Hall–Kier alpha value is -4.99. The first-order valence-electron chi connectivity index (χ1n) is 13.1. The predicted octanol–water partition coefficient (Wildman–Crippen LogP) is 7.09. The fourth-order valence-corrected chi connectivity index (χ4v) is 8.29. The molecule has 190 valence electrons. The molecule has 3 aromatic heterocycles. The summed E-state index contributed by atoms with van der Waals surface area (Å²) < 4.78 is 23.4. The number of aromatic nitrogens is 3. The van der Waals surface area contributed by atoms with E-state index < -0.39 is 7.14 Å². The van der Waals surface area contributed by atoms with E-state index in [1.165, 1.54) is 0 Å². The van der Waals surface area contributed by atoms with Crippen molar-refractivity contribution in [3.8, 4) is 11.3 Å². The average Bonchev–Trinajstić information content (AvgIpc) is 3.58. The zero-order chi connectivity index (χ0) is 26.7. The number of nitrogens with zero attached hydrogens (tertiary/aromatic N) is 3. The molecule has 0 aliphatic rings. The normalized spacial score (nSPS) is 12.1. The van der Waals surface area contributed by atoms with Crippen molar-refractivity contribution in [2.75, 3.05) is 0 Å². The van der Waals surface area contributed by atoms with Crippen LogP contribution in [0.5, 0.6) is 0 Å². The van der Waals surface area contributed by atoms with E-state index in [0.29, 0.717) is 11.4 Å². The van der Waals surface area contributed by atoms with Crippen LogP contribution in [0.15, 0.2) is 138 Å². The van der Waals surface area contributed by atoms with Gasteiger partial charge < -0.3 is 8.98 Å². The first-order chi connectivity index (χ1) is 19.7. The van der Waals surface area contributed by atoms with Crippen molar-refractivity contribution in [2.24, 2.45) is 0 Å². The van der Waals surface area contributed by atoms with Crippen LogP contribution in [-0.4, -0.2) is 14.4 Å². The van der Waals surface area contributed by atoms with Crippen LogP contribution in [0.2, 0.25) is 0 Å². The van der Waals surface area contributed by atoms with Gasteiger partial charge in [-0.2, -0.15) is 4.98 Å². The Labute approximate surface area is 229 Å². The second-order valence-electron chi connectivity index (χ2n) is 9.81. The number of benzene rings is 5. The van der Waals surface area contributed by atoms with Gasteiger partial charge in [0.05, 0.1) is 16.7 Å². The Bertz CT molecular complexity index is 2190. The van der Waals surface area contributed by atoms with E-state index in [4.69, 9.17) is 14.4 Å². The Balaban J connectivity index is 1.49. The molecule has 8 aromatic rings. The molecule has 0 aliphatic carbocycles. The minimum absolute atomic E-state index is 0.478. The molecule has 0 saturated carbocycles. The molecule has 40 heavy (non-hydrogen) atoms. The van der Waals surface area contributed by atoms with Crippen LogP contribution in [0.25, 0.3) is 50.1 Å². The standard InChI is InChI=1S/C34H22N3O2P/c38-40(24-14-6-2-7-15-24,25-16-8-3-9-17-25)26-20-21-30-29(22-26)37-33-31(23-12-4-1-5-13-23)35-28-19-11-10-18-27(28)32(33)36-34(37)39-30/h1-22H. The number of imidazole rings is 1. The molecule has 5 nitrogen and oxygen atoms in total. The summed E-state index contributed by atoms with van der Waals surface area (Å²) in [4.78, 5) is 10.1. The topological polar surface area (TPSA) is 60.4 Å². The number of oxazole rings is 1. The number of hydrogen-bond acceptors (Lipinski definition) is 4. The van der Waals surface area contributed by atoms with Crippen molar-refractivity contribution in [1.29, 1.82) is 0 Å². The molecular formula is C34H22N3O2P. The zero-order valence-electron chi connectivity index (χ0n) is 21.3. The first kappa shape index (κ1) is 22.9. The van der Waals surface area contributed by atoms with Crippen molar-refractivity contribution >= 4 is 61.9 Å². The van der Waals surface area contributed by atoms with Crippen LogP contribution < -0.4 is 15.9 Å². The summed E-state index contributed by atoms with van der Waals surface area (Å²) in [6, 6.07) is 43.4. The molecule has 0 amide bonds. The van der Waals surface area contributed by atoms with E-state index in [1.807, 2.05) is 126 Å². The van der Waals surface area contributed by atoms with Gasteiger partial charge in [-0.15, -0.1) is 0 Å². The Morgan fingerprint density at radius 2 is 1.25 bits per heavy atom. The maximum atomic E-state index is 15.1. The highest BCUT2D eigenvalue weighted by Crippen LogP contribution is 2.43. The quantitative estimate of drug-likeness (QED) is 0.226. The summed E-state index contributed by atoms with van der Waals surface area (Å²) in [6.07, 6.45) is 0. The second-order valence-corrected chi connectivity index (χ2v) is 12.6. The van der Waals surface area contributed by atoms with Gasteiger partial charge in [0.25, 0.3) is 0 Å². The minimum Gasteiger partial charge on any atom is -0.423 e. The molecule has 0 bridgehead atoms. The third-order valence-electron chi connectivity index (χ3n) is 7.50. The molecule has 0 atom stereocenters.